The lowest BCUT2D eigenvalue weighted by atomic mass is 10.3. The third kappa shape index (κ3) is 3.24. The Kier molecular flexibility index (Phi) is 2.83. The zero-order valence-electron chi connectivity index (χ0n) is 7.45. The highest BCUT2D eigenvalue weighted by Gasteiger charge is 1.98. The maximum Gasteiger partial charge on any atom is 0.0746 e. The Morgan fingerprint density at radius 2 is 2.08 bits per heavy atom. The summed E-state index contributed by atoms with van der Waals surface area (Å²) in [4.78, 5) is 0. The standard InChI is InChI=1S/C8H11ClN2OS/c1-13(2,12)11-6-3-4-8(10)7(9)5-6/h3-5H,10H2,1-2H3. The van der Waals surface area contributed by atoms with Gasteiger partial charge in [0.05, 0.1) is 16.4 Å². The van der Waals surface area contributed by atoms with Gasteiger partial charge in [-0.1, -0.05) is 11.6 Å². The molecule has 0 bridgehead atoms. The van der Waals surface area contributed by atoms with Gasteiger partial charge in [-0.2, -0.15) is 4.36 Å². The molecule has 0 fully saturated rings. The van der Waals surface area contributed by atoms with Crippen LogP contribution in [-0.2, 0) is 9.73 Å². The van der Waals surface area contributed by atoms with Crippen molar-refractivity contribution in [2.75, 3.05) is 18.2 Å². The lowest BCUT2D eigenvalue weighted by Crippen LogP contribution is -1.89. The Bertz CT molecular complexity index is 428. The van der Waals surface area contributed by atoms with Crippen LogP contribution in [0, 0.1) is 0 Å². The van der Waals surface area contributed by atoms with Crippen molar-refractivity contribution >= 4 is 32.7 Å². The van der Waals surface area contributed by atoms with Gasteiger partial charge in [0.25, 0.3) is 0 Å². The third-order valence-corrected chi connectivity index (χ3v) is 2.29. The molecule has 2 N–H and O–H groups in total. The third-order valence-electron chi connectivity index (χ3n) is 1.31. The van der Waals surface area contributed by atoms with E-state index in [0.29, 0.717) is 16.4 Å². The monoisotopic (exact) mass is 218 g/mol. The van der Waals surface area contributed by atoms with E-state index in [9.17, 15) is 4.21 Å². The van der Waals surface area contributed by atoms with Crippen LogP contribution < -0.4 is 5.73 Å². The lowest BCUT2D eigenvalue weighted by Gasteiger charge is -1.99. The minimum atomic E-state index is -2.13. The molecule has 3 nitrogen and oxygen atoms in total. The molecule has 1 aromatic carbocycles. The van der Waals surface area contributed by atoms with Gasteiger partial charge >= 0.3 is 0 Å². The second kappa shape index (κ2) is 3.55. The molecule has 0 amide bonds. The van der Waals surface area contributed by atoms with Gasteiger partial charge in [-0.3, -0.25) is 0 Å². The minimum Gasteiger partial charge on any atom is -0.398 e. The first-order chi connectivity index (χ1) is 5.88. The highest BCUT2D eigenvalue weighted by molar-refractivity contribution is 7.92. The van der Waals surface area contributed by atoms with E-state index in [1.54, 1.807) is 30.7 Å². The van der Waals surface area contributed by atoms with Crippen LogP contribution in [0.3, 0.4) is 0 Å². The van der Waals surface area contributed by atoms with E-state index in [0.717, 1.165) is 0 Å². The number of nitrogen functional groups attached to an aromatic ring is 1. The lowest BCUT2D eigenvalue weighted by molar-refractivity contribution is 0.684. The Balaban J connectivity index is 3.21. The second-order valence-corrected chi connectivity index (χ2v) is 5.93. The molecular formula is C8H11ClN2OS. The molecule has 0 saturated heterocycles. The van der Waals surface area contributed by atoms with Gasteiger partial charge in [0.2, 0.25) is 0 Å². The summed E-state index contributed by atoms with van der Waals surface area (Å²) >= 11 is 5.76. The molecule has 1 aromatic rings. The number of halogens is 1. The first-order valence-corrected chi connectivity index (χ1v) is 6.31. The topological polar surface area (TPSA) is 55.5 Å². The fraction of sp³-hybridized carbons (Fsp3) is 0.250. The first-order valence-electron chi connectivity index (χ1n) is 3.61. The smallest absolute Gasteiger partial charge is 0.0746 e. The van der Waals surface area contributed by atoms with Gasteiger partial charge in [-0.15, -0.1) is 0 Å². The van der Waals surface area contributed by atoms with Crippen LogP contribution in [0.15, 0.2) is 22.6 Å². The molecule has 0 aliphatic carbocycles. The van der Waals surface area contributed by atoms with Gasteiger partial charge in [0, 0.05) is 22.2 Å². The summed E-state index contributed by atoms with van der Waals surface area (Å²) in [5.41, 5.74) is 6.60. The maximum atomic E-state index is 11.3. The van der Waals surface area contributed by atoms with Crippen molar-refractivity contribution in [1.29, 1.82) is 0 Å². The fourth-order valence-corrected chi connectivity index (χ4v) is 1.62. The van der Waals surface area contributed by atoms with Gasteiger partial charge in [-0.25, -0.2) is 4.21 Å². The Hall–Kier alpha value is -0.740. The average molecular weight is 219 g/mol. The summed E-state index contributed by atoms with van der Waals surface area (Å²) < 4.78 is 15.3. The van der Waals surface area contributed by atoms with Gasteiger partial charge < -0.3 is 5.73 Å². The van der Waals surface area contributed by atoms with Crippen LogP contribution >= 0.6 is 11.6 Å². The van der Waals surface area contributed by atoms with Gasteiger partial charge in [0.1, 0.15) is 0 Å². The maximum absolute atomic E-state index is 11.3. The summed E-state index contributed by atoms with van der Waals surface area (Å²) in [6.07, 6.45) is 3.13. The van der Waals surface area contributed by atoms with Crippen molar-refractivity contribution in [1.82, 2.24) is 0 Å². The molecule has 72 valence electrons. The largest absolute Gasteiger partial charge is 0.398 e. The Morgan fingerprint density at radius 1 is 1.46 bits per heavy atom. The predicted octanol–water partition coefficient (Wildman–Crippen LogP) is 2.28. The molecule has 0 atom stereocenters. The van der Waals surface area contributed by atoms with Crippen molar-refractivity contribution < 1.29 is 4.21 Å². The van der Waals surface area contributed by atoms with Gasteiger partial charge in [-0.05, 0) is 18.2 Å². The molecule has 0 heterocycles. The number of nitrogens with zero attached hydrogens (tertiary/aromatic N) is 1. The SMILES string of the molecule is CS(C)(=O)=Nc1ccc(N)c(Cl)c1. The zero-order chi connectivity index (χ0) is 10.1. The molecule has 5 heteroatoms. The molecule has 0 radical (unpaired) electrons. The highest BCUT2D eigenvalue weighted by Crippen LogP contribution is 2.24. The van der Waals surface area contributed by atoms with Crippen molar-refractivity contribution in [3.05, 3.63) is 23.2 Å². The number of rotatable bonds is 1. The summed E-state index contributed by atoms with van der Waals surface area (Å²) in [5.74, 6) is 0. The Labute approximate surface area is 83.1 Å². The van der Waals surface area contributed by atoms with Gasteiger partial charge in [0.15, 0.2) is 0 Å². The summed E-state index contributed by atoms with van der Waals surface area (Å²) in [7, 11) is -2.13. The second-order valence-electron chi connectivity index (χ2n) is 2.98. The average Bonchev–Trinajstić information content (AvgIpc) is 1.94. The van der Waals surface area contributed by atoms with E-state index in [2.05, 4.69) is 4.36 Å². The molecule has 0 aromatic heterocycles. The van der Waals surface area contributed by atoms with Crippen molar-refractivity contribution in [2.45, 2.75) is 0 Å². The molecule has 0 unspecified atom stereocenters. The zero-order valence-corrected chi connectivity index (χ0v) is 9.02. The Morgan fingerprint density at radius 3 is 2.54 bits per heavy atom. The number of hydrogen-bond donors (Lipinski definition) is 1. The van der Waals surface area contributed by atoms with Crippen molar-refractivity contribution in [2.24, 2.45) is 4.36 Å². The molecule has 0 aliphatic heterocycles. The van der Waals surface area contributed by atoms with Crippen LogP contribution in [-0.4, -0.2) is 16.7 Å². The van der Waals surface area contributed by atoms with E-state index < -0.39 is 9.73 Å². The normalized spacial score (nSPS) is 11.3. The van der Waals surface area contributed by atoms with E-state index in [1.165, 1.54) is 0 Å². The number of anilines is 1. The fourth-order valence-electron chi connectivity index (χ4n) is 0.827. The molecule has 0 saturated carbocycles. The van der Waals surface area contributed by atoms with Crippen LogP contribution in [0.2, 0.25) is 5.02 Å². The van der Waals surface area contributed by atoms with Crippen molar-refractivity contribution in [3.8, 4) is 0 Å². The van der Waals surface area contributed by atoms with E-state index in [1.807, 2.05) is 0 Å². The highest BCUT2D eigenvalue weighted by atomic mass is 35.5. The van der Waals surface area contributed by atoms with Crippen LogP contribution in [0.4, 0.5) is 11.4 Å². The minimum absolute atomic E-state index is 0.435. The summed E-state index contributed by atoms with van der Waals surface area (Å²) in [6.45, 7) is 0. The van der Waals surface area contributed by atoms with E-state index in [-0.39, 0.29) is 0 Å². The molecule has 13 heavy (non-hydrogen) atoms. The molecular weight excluding hydrogens is 208 g/mol. The first kappa shape index (κ1) is 10.3. The van der Waals surface area contributed by atoms with Crippen molar-refractivity contribution in [3.63, 3.8) is 0 Å². The van der Waals surface area contributed by atoms with Crippen LogP contribution in [0.25, 0.3) is 0 Å². The summed E-state index contributed by atoms with van der Waals surface area (Å²) in [6, 6.07) is 4.93. The quantitative estimate of drug-likeness (QED) is 0.736. The number of hydrogen-bond acceptors (Lipinski definition) is 3. The predicted molar refractivity (Wildman–Crippen MR) is 57.9 cm³/mol. The van der Waals surface area contributed by atoms with Crippen LogP contribution in [0.5, 0.6) is 0 Å². The number of benzene rings is 1. The molecule has 1 rings (SSSR count). The molecule has 0 spiro atoms. The summed E-state index contributed by atoms with van der Waals surface area (Å²) in [5, 5.41) is 0.435. The van der Waals surface area contributed by atoms with Crippen LogP contribution in [0.1, 0.15) is 0 Å². The number of nitrogens with two attached hydrogens (primary N) is 1. The molecule has 0 aliphatic rings. The van der Waals surface area contributed by atoms with E-state index >= 15 is 0 Å². The van der Waals surface area contributed by atoms with E-state index in [4.69, 9.17) is 17.3 Å².